The molecule has 1 aromatic carbocycles. The third kappa shape index (κ3) is 3.04. The predicted octanol–water partition coefficient (Wildman–Crippen LogP) is 3.10. The van der Waals surface area contributed by atoms with Crippen LogP contribution in [-0.2, 0) is 6.42 Å². The monoisotopic (exact) mass is 446 g/mol. The van der Waals surface area contributed by atoms with Gasteiger partial charge in [0.15, 0.2) is 11.5 Å². The van der Waals surface area contributed by atoms with Crippen molar-refractivity contribution in [1.29, 1.82) is 0 Å². The van der Waals surface area contributed by atoms with E-state index in [0.29, 0.717) is 23.6 Å². The Labute approximate surface area is 156 Å². The van der Waals surface area contributed by atoms with Gasteiger partial charge in [-0.25, -0.2) is 14.4 Å². The zero-order chi connectivity index (χ0) is 17.4. The second-order valence-electron chi connectivity index (χ2n) is 5.41. The number of anilines is 1. The van der Waals surface area contributed by atoms with E-state index >= 15 is 0 Å². The smallest absolute Gasteiger partial charge is 0.223 e. The molecule has 0 bridgehead atoms. The van der Waals surface area contributed by atoms with Crippen molar-refractivity contribution in [1.82, 2.24) is 24.6 Å². The van der Waals surface area contributed by atoms with Gasteiger partial charge in [-0.3, -0.25) is 4.98 Å². The van der Waals surface area contributed by atoms with Crippen LogP contribution in [0.25, 0.3) is 16.9 Å². The molecule has 0 amide bonds. The fourth-order valence-corrected chi connectivity index (χ4v) is 3.29. The van der Waals surface area contributed by atoms with Gasteiger partial charge in [-0.1, -0.05) is 30.3 Å². The molecule has 0 aliphatic rings. The highest BCUT2D eigenvalue weighted by atomic mass is 127. The zero-order valence-electron chi connectivity index (χ0n) is 12.9. The third-order valence-electron chi connectivity index (χ3n) is 3.67. The molecule has 0 fully saturated rings. The summed E-state index contributed by atoms with van der Waals surface area (Å²) in [4.78, 5) is 13.1. The first-order chi connectivity index (χ1) is 12.1. The van der Waals surface area contributed by atoms with Crippen LogP contribution < -0.4 is 5.73 Å². The van der Waals surface area contributed by atoms with Crippen molar-refractivity contribution >= 4 is 34.2 Å². The lowest BCUT2D eigenvalue weighted by Gasteiger charge is -2.06. The predicted molar refractivity (Wildman–Crippen MR) is 100 cm³/mol. The number of hydrogen-bond donors (Lipinski definition) is 1. The number of nitrogens with zero attached hydrogens (tertiary/aromatic N) is 5. The molecule has 8 heteroatoms. The number of nitrogen functional groups attached to an aromatic ring is 1. The number of hydrogen-bond acceptors (Lipinski definition) is 5. The lowest BCUT2D eigenvalue weighted by Crippen LogP contribution is -2.05. The van der Waals surface area contributed by atoms with Gasteiger partial charge in [-0.05, 0) is 34.7 Å². The van der Waals surface area contributed by atoms with Crippen molar-refractivity contribution in [3.05, 3.63) is 69.6 Å². The van der Waals surface area contributed by atoms with Crippen LogP contribution in [0.2, 0.25) is 0 Å². The molecule has 0 aliphatic carbocycles. The maximum atomic E-state index is 13.0. The Morgan fingerprint density at radius 1 is 1.08 bits per heavy atom. The molecule has 2 N–H and O–H groups in total. The van der Waals surface area contributed by atoms with Crippen LogP contribution in [-0.4, -0.2) is 24.6 Å². The van der Waals surface area contributed by atoms with E-state index in [-0.39, 0.29) is 11.8 Å². The molecule has 124 valence electrons. The molecule has 0 atom stereocenters. The topological polar surface area (TPSA) is 82.0 Å². The first-order valence-corrected chi connectivity index (χ1v) is 8.56. The highest BCUT2D eigenvalue weighted by molar-refractivity contribution is 14.1. The average Bonchev–Trinajstić information content (AvgIpc) is 3.06. The van der Waals surface area contributed by atoms with Gasteiger partial charge in [0.1, 0.15) is 5.82 Å². The van der Waals surface area contributed by atoms with Crippen LogP contribution in [0.4, 0.5) is 10.3 Å². The number of aromatic nitrogens is 5. The Hall–Kier alpha value is -2.62. The van der Waals surface area contributed by atoms with Crippen LogP contribution in [0.1, 0.15) is 11.5 Å². The van der Waals surface area contributed by atoms with Gasteiger partial charge in [0.2, 0.25) is 5.95 Å². The van der Waals surface area contributed by atoms with E-state index < -0.39 is 0 Å². The number of rotatable bonds is 3. The van der Waals surface area contributed by atoms with Crippen molar-refractivity contribution in [3.63, 3.8) is 0 Å². The average molecular weight is 446 g/mol. The minimum absolute atomic E-state index is 0.264. The molecule has 0 spiro atoms. The van der Waals surface area contributed by atoms with Crippen molar-refractivity contribution in [2.24, 2.45) is 0 Å². The van der Waals surface area contributed by atoms with Gasteiger partial charge in [0.25, 0.3) is 0 Å². The highest BCUT2D eigenvalue weighted by Gasteiger charge is 2.16. The highest BCUT2D eigenvalue weighted by Crippen LogP contribution is 2.27. The molecular formula is C17H12FIN6. The molecule has 0 unspecified atom stereocenters. The van der Waals surface area contributed by atoms with Gasteiger partial charge in [0.05, 0.1) is 21.9 Å². The minimum atomic E-state index is -0.373. The molecule has 3 aromatic heterocycles. The summed E-state index contributed by atoms with van der Waals surface area (Å²) >= 11 is 2.20. The summed E-state index contributed by atoms with van der Waals surface area (Å²) < 4.78 is 15.4. The summed E-state index contributed by atoms with van der Waals surface area (Å²) in [6, 6.07) is 12.8. The van der Waals surface area contributed by atoms with E-state index in [0.717, 1.165) is 14.8 Å². The maximum absolute atomic E-state index is 13.0. The van der Waals surface area contributed by atoms with Crippen molar-refractivity contribution in [2.75, 3.05) is 5.73 Å². The standard InChI is InChI=1S/C17H12FIN6/c18-11-6-7-12(21-9-11)8-13-22-16-14(19)15(10-4-2-1-3-5-10)23-17(20)25(16)24-13/h1-7,9H,8H2,(H2,20,23). The molecule has 3 heterocycles. The van der Waals surface area contributed by atoms with Gasteiger partial charge in [-0.2, -0.15) is 4.52 Å². The Balaban J connectivity index is 1.79. The fourth-order valence-electron chi connectivity index (χ4n) is 2.51. The van der Waals surface area contributed by atoms with Crippen LogP contribution in [0, 0.1) is 9.39 Å². The van der Waals surface area contributed by atoms with Crippen molar-refractivity contribution in [2.45, 2.75) is 6.42 Å². The number of pyridine rings is 1. The number of benzene rings is 1. The largest absolute Gasteiger partial charge is 0.368 e. The van der Waals surface area contributed by atoms with Crippen LogP contribution >= 0.6 is 22.6 Å². The van der Waals surface area contributed by atoms with Crippen LogP contribution in [0.15, 0.2) is 48.7 Å². The second-order valence-corrected chi connectivity index (χ2v) is 6.49. The van der Waals surface area contributed by atoms with E-state index in [1.165, 1.54) is 16.8 Å². The van der Waals surface area contributed by atoms with E-state index in [1.54, 1.807) is 6.07 Å². The molecule has 0 radical (unpaired) electrons. The van der Waals surface area contributed by atoms with Gasteiger partial charge >= 0.3 is 0 Å². The molecule has 0 aliphatic heterocycles. The third-order valence-corrected chi connectivity index (χ3v) is 4.67. The van der Waals surface area contributed by atoms with Gasteiger partial charge in [0, 0.05) is 11.3 Å². The normalized spacial score (nSPS) is 11.1. The molecule has 0 saturated carbocycles. The fraction of sp³-hybridized carbons (Fsp3) is 0.0588. The maximum Gasteiger partial charge on any atom is 0.223 e. The minimum Gasteiger partial charge on any atom is -0.368 e. The Morgan fingerprint density at radius 3 is 2.60 bits per heavy atom. The van der Waals surface area contributed by atoms with Crippen LogP contribution in [0.5, 0.6) is 0 Å². The number of fused-ring (bicyclic) bond motifs is 1. The molecule has 25 heavy (non-hydrogen) atoms. The summed E-state index contributed by atoms with van der Waals surface area (Å²) in [5.41, 5.74) is 9.13. The summed E-state index contributed by atoms with van der Waals surface area (Å²) in [6.45, 7) is 0. The summed E-state index contributed by atoms with van der Waals surface area (Å²) in [6.07, 6.45) is 1.57. The van der Waals surface area contributed by atoms with E-state index in [2.05, 4.69) is 42.6 Å². The first-order valence-electron chi connectivity index (χ1n) is 7.48. The summed E-state index contributed by atoms with van der Waals surface area (Å²) in [5, 5.41) is 4.41. The van der Waals surface area contributed by atoms with E-state index in [4.69, 9.17) is 5.73 Å². The summed E-state index contributed by atoms with van der Waals surface area (Å²) in [5.74, 6) is 0.443. The molecule has 4 aromatic rings. The van der Waals surface area contributed by atoms with E-state index in [1.807, 2.05) is 30.3 Å². The lowest BCUT2D eigenvalue weighted by atomic mass is 10.1. The Kier molecular flexibility index (Phi) is 4.04. The molecular weight excluding hydrogens is 434 g/mol. The Morgan fingerprint density at radius 2 is 1.88 bits per heavy atom. The van der Waals surface area contributed by atoms with Crippen molar-refractivity contribution in [3.8, 4) is 11.3 Å². The number of nitrogens with two attached hydrogens (primary N) is 1. The van der Waals surface area contributed by atoms with Gasteiger partial charge in [-0.15, -0.1) is 5.10 Å². The molecule has 6 nitrogen and oxygen atoms in total. The SMILES string of the molecule is Nc1nc(-c2ccccc2)c(I)c2nc(Cc3ccc(F)cn3)nn12. The van der Waals surface area contributed by atoms with Crippen LogP contribution in [0.3, 0.4) is 0 Å². The Bertz CT molecular complexity index is 1050. The lowest BCUT2D eigenvalue weighted by molar-refractivity contribution is 0.619. The molecule has 4 rings (SSSR count). The van der Waals surface area contributed by atoms with Crippen molar-refractivity contribution < 1.29 is 4.39 Å². The van der Waals surface area contributed by atoms with Gasteiger partial charge < -0.3 is 5.73 Å². The first kappa shape index (κ1) is 15.9. The van der Waals surface area contributed by atoms with E-state index in [9.17, 15) is 4.39 Å². The molecule has 0 saturated heterocycles. The second kappa shape index (κ2) is 6.36. The quantitative estimate of drug-likeness (QED) is 0.490. The number of halogens is 2. The zero-order valence-corrected chi connectivity index (χ0v) is 15.1. The summed E-state index contributed by atoms with van der Waals surface area (Å²) in [7, 11) is 0.